The number of pyridine rings is 4. The van der Waals surface area contributed by atoms with Gasteiger partial charge in [0.15, 0.2) is 17.3 Å². The number of H-pyrrole nitrogens is 2. The van der Waals surface area contributed by atoms with Crippen molar-refractivity contribution in [2.45, 2.75) is 6.42 Å². The number of hydrogen-bond acceptors (Lipinski definition) is 10. The van der Waals surface area contributed by atoms with Crippen LogP contribution in [0.2, 0.25) is 0 Å². The van der Waals surface area contributed by atoms with Crippen molar-refractivity contribution in [2.24, 2.45) is 0 Å². The fourth-order valence-corrected chi connectivity index (χ4v) is 8.33. The Morgan fingerprint density at radius 1 is 0.714 bits per heavy atom. The second-order valence-corrected chi connectivity index (χ2v) is 14.4. The van der Waals surface area contributed by atoms with Crippen LogP contribution in [0.4, 0.5) is 14.5 Å². The van der Waals surface area contributed by atoms with E-state index in [0.717, 1.165) is 21.9 Å². The van der Waals surface area contributed by atoms with Gasteiger partial charge in [0.1, 0.15) is 22.7 Å². The van der Waals surface area contributed by atoms with Crippen LogP contribution in [0.3, 0.4) is 0 Å². The van der Waals surface area contributed by atoms with Crippen molar-refractivity contribution in [3.8, 4) is 34.0 Å². The molecular formula is C42H29F2N5O5S2. The van der Waals surface area contributed by atoms with Crippen LogP contribution < -0.4 is 26.1 Å². The van der Waals surface area contributed by atoms with Crippen molar-refractivity contribution in [3.05, 3.63) is 145 Å². The van der Waals surface area contributed by atoms with Gasteiger partial charge < -0.3 is 25.2 Å². The van der Waals surface area contributed by atoms with Gasteiger partial charge in [-0.3, -0.25) is 14.4 Å². The van der Waals surface area contributed by atoms with Gasteiger partial charge in [-0.25, -0.2) is 18.7 Å². The van der Waals surface area contributed by atoms with Crippen LogP contribution in [0.1, 0.15) is 15.9 Å². The van der Waals surface area contributed by atoms with E-state index in [1.54, 1.807) is 60.8 Å². The third-order valence-corrected chi connectivity index (χ3v) is 11.3. The number of methoxy groups -OCH3 is 2. The lowest BCUT2D eigenvalue weighted by Crippen LogP contribution is -2.16. The molecule has 0 aliphatic carbocycles. The molecule has 3 aromatic carbocycles. The Morgan fingerprint density at radius 2 is 1.27 bits per heavy atom. The van der Waals surface area contributed by atoms with E-state index in [1.807, 2.05) is 22.9 Å². The van der Waals surface area contributed by atoms with Crippen molar-refractivity contribution in [1.82, 2.24) is 19.9 Å². The summed E-state index contributed by atoms with van der Waals surface area (Å²) in [5.41, 5.74) is 10.3. The van der Waals surface area contributed by atoms with Crippen LogP contribution >= 0.6 is 22.7 Å². The zero-order valence-electron chi connectivity index (χ0n) is 29.6. The van der Waals surface area contributed by atoms with Crippen LogP contribution in [-0.2, 0) is 6.42 Å². The molecule has 0 unspecified atom stereocenters. The minimum Gasteiger partial charge on any atom is -0.493 e. The number of halogens is 2. The summed E-state index contributed by atoms with van der Waals surface area (Å²) in [5, 5.41) is 5.22. The Morgan fingerprint density at radius 3 is 1.84 bits per heavy atom. The molecule has 14 heteroatoms. The predicted molar refractivity (Wildman–Crippen MR) is 218 cm³/mol. The average molecular weight is 786 g/mol. The molecule has 6 heterocycles. The molecule has 4 N–H and O–H groups in total. The van der Waals surface area contributed by atoms with Gasteiger partial charge in [-0.15, -0.1) is 22.7 Å². The number of thiophene rings is 2. The number of ether oxygens (including phenoxy) is 2. The van der Waals surface area contributed by atoms with Crippen molar-refractivity contribution in [1.29, 1.82) is 0 Å². The number of ketones is 1. The first-order valence-electron chi connectivity index (χ1n) is 17.0. The number of aromatic amines is 2. The zero-order valence-corrected chi connectivity index (χ0v) is 31.2. The fraction of sp³-hybridized carbons (Fsp3) is 0.0714. The normalized spacial score (nSPS) is 11.2. The third kappa shape index (κ3) is 6.54. The number of benzene rings is 3. The van der Waals surface area contributed by atoms with Gasteiger partial charge in [-0.05, 0) is 54.6 Å². The van der Waals surface area contributed by atoms with Crippen molar-refractivity contribution in [3.63, 3.8) is 0 Å². The predicted octanol–water partition coefficient (Wildman–Crippen LogP) is 8.91. The van der Waals surface area contributed by atoms with Gasteiger partial charge in [0, 0.05) is 62.6 Å². The minimum atomic E-state index is -0.324. The highest BCUT2D eigenvalue weighted by atomic mass is 32.1. The lowest BCUT2D eigenvalue weighted by Gasteiger charge is -2.09. The Bertz CT molecular complexity index is 3120. The number of carbonyl (C=O) groups excluding carboxylic acids is 1. The highest BCUT2D eigenvalue weighted by Gasteiger charge is 2.17. The van der Waals surface area contributed by atoms with Crippen LogP contribution in [0.5, 0.6) is 11.5 Å². The maximum Gasteiger partial charge on any atom is 0.230 e. The maximum atomic E-state index is 14.1. The molecule has 56 heavy (non-hydrogen) atoms. The molecule has 0 aliphatic heterocycles. The van der Waals surface area contributed by atoms with Gasteiger partial charge in [0.25, 0.3) is 0 Å². The number of carbonyl (C=O) groups is 1. The summed E-state index contributed by atoms with van der Waals surface area (Å²) < 4.78 is 39.5. The molecule has 0 aliphatic rings. The number of hydrogen-bond donors (Lipinski definition) is 3. The summed E-state index contributed by atoms with van der Waals surface area (Å²) in [6.45, 7) is 0. The summed E-state index contributed by atoms with van der Waals surface area (Å²) in [6.07, 6.45) is 2.90. The summed E-state index contributed by atoms with van der Waals surface area (Å²) in [6, 6.07) is 21.9. The maximum absolute atomic E-state index is 14.1. The number of nitrogens with two attached hydrogens (primary N) is 1. The van der Waals surface area contributed by atoms with Crippen LogP contribution in [0.25, 0.3) is 64.8 Å². The van der Waals surface area contributed by atoms with E-state index >= 15 is 0 Å². The smallest absolute Gasteiger partial charge is 0.230 e. The summed E-state index contributed by atoms with van der Waals surface area (Å²) >= 11 is 2.62. The Hall–Kier alpha value is -6.77. The molecule has 0 fully saturated rings. The molecule has 0 saturated heterocycles. The minimum absolute atomic E-state index is 0.0980. The van der Waals surface area contributed by atoms with Crippen molar-refractivity contribution < 1.29 is 23.0 Å². The van der Waals surface area contributed by atoms with Gasteiger partial charge in [-0.1, -0.05) is 24.3 Å². The molecule has 10 nitrogen and oxygen atoms in total. The first-order chi connectivity index (χ1) is 27.1. The van der Waals surface area contributed by atoms with Gasteiger partial charge in [0.05, 0.1) is 51.7 Å². The van der Waals surface area contributed by atoms with Crippen LogP contribution in [-0.4, -0.2) is 39.9 Å². The zero-order chi connectivity index (χ0) is 39.1. The SMILES string of the molecule is COc1ccc(C(=O)Cc2c[nH]c3ccc(-c4csc5c(F)cccc45)nc3c2=O)cc1OC.Nc1c[nH]c2ccc(-c3csc4c(F)cccc34)nc2c1=O. The Kier molecular flexibility index (Phi) is 9.58. The number of fused-ring (bicyclic) bond motifs is 4. The summed E-state index contributed by atoms with van der Waals surface area (Å²) in [4.78, 5) is 53.2. The average Bonchev–Trinajstić information content (AvgIpc) is 3.87. The molecule has 0 radical (unpaired) electrons. The summed E-state index contributed by atoms with van der Waals surface area (Å²) in [7, 11) is 3.01. The third-order valence-electron chi connectivity index (χ3n) is 9.27. The molecule has 9 aromatic rings. The molecule has 0 bridgehead atoms. The van der Waals surface area contributed by atoms with Crippen molar-refractivity contribution >= 4 is 76.4 Å². The summed E-state index contributed by atoms with van der Waals surface area (Å²) in [5.74, 6) is 0.174. The van der Waals surface area contributed by atoms with Gasteiger partial charge >= 0.3 is 0 Å². The standard InChI is InChI=1S/C26H19FN2O4S.C16H10FN3OS/c1-32-22-9-6-14(11-23(22)33-2)21(30)10-15-12-28-20-8-7-19(29-24(20)25(15)31)17-13-34-26-16(17)4-3-5-18(26)27;17-10-3-1-2-8-9(7-22-16(8)10)12-4-5-13-14(20-12)15(21)11(18)6-19-13/h3-9,11-13H,10H2,1-2H3,(H,28,31);1-7H,18H2,(H,19,21). The number of nitrogens with zero attached hydrogens (tertiary/aromatic N) is 2. The van der Waals surface area contributed by atoms with Gasteiger partial charge in [-0.2, -0.15) is 0 Å². The van der Waals surface area contributed by atoms with E-state index in [9.17, 15) is 23.2 Å². The molecule has 0 saturated carbocycles. The highest BCUT2D eigenvalue weighted by molar-refractivity contribution is 7.18. The largest absolute Gasteiger partial charge is 0.493 e. The van der Waals surface area contributed by atoms with E-state index in [-0.39, 0.29) is 51.4 Å². The quantitative estimate of drug-likeness (QED) is 0.136. The van der Waals surface area contributed by atoms with Crippen LogP contribution in [0, 0.1) is 11.6 Å². The van der Waals surface area contributed by atoms with Gasteiger partial charge in [0.2, 0.25) is 10.9 Å². The van der Waals surface area contributed by atoms with Crippen molar-refractivity contribution in [2.75, 3.05) is 20.0 Å². The van der Waals surface area contributed by atoms with E-state index in [0.29, 0.717) is 54.4 Å². The lowest BCUT2D eigenvalue weighted by molar-refractivity contribution is 0.0992. The topological polar surface area (TPSA) is 153 Å². The molecule has 9 rings (SSSR count). The van der Waals surface area contributed by atoms with E-state index < -0.39 is 0 Å². The molecule has 0 spiro atoms. The number of aromatic nitrogens is 4. The molecule has 6 aromatic heterocycles. The molecular weight excluding hydrogens is 757 g/mol. The monoisotopic (exact) mass is 785 g/mol. The van der Waals surface area contributed by atoms with E-state index in [4.69, 9.17) is 15.2 Å². The Balaban J connectivity index is 0.000000172. The number of nitrogen functional groups attached to an aromatic ring is 1. The molecule has 0 amide bonds. The lowest BCUT2D eigenvalue weighted by atomic mass is 10.0. The first-order valence-corrected chi connectivity index (χ1v) is 18.8. The molecule has 0 atom stereocenters. The fourth-order valence-electron chi connectivity index (χ4n) is 6.39. The number of rotatable bonds is 7. The van der Waals surface area contributed by atoms with Crippen LogP contribution in [0.15, 0.2) is 112 Å². The van der Waals surface area contributed by atoms with E-state index in [2.05, 4.69) is 19.9 Å². The number of anilines is 1. The highest BCUT2D eigenvalue weighted by Crippen LogP contribution is 2.36. The Labute approximate surface area is 323 Å². The molecule has 278 valence electrons. The second kappa shape index (κ2) is 14.8. The first kappa shape index (κ1) is 36.2. The second-order valence-electron chi connectivity index (χ2n) is 12.6. The van der Waals surface area contributed by atoms with E-state index in [1.165, 1.54) is 55.2 Å². The number of Topliss-reactive ketones (excluding diaryl/α,β-unsaturated/α-hetero) is 1. The number of nitrogens with one attached hydrogen (secondary N) is 2.